The Morgan fingerprint density at radius 1 is 1.27 bits per heavy atom. The molecule has 0 spiro atoms. The minimum Gasteiger partial charge on any atom is -0.311 e. The number of aryl methyl sites for hydroxylation is 2. The second-order valence-electron chi connectivity index (χ2n) is 4.33. The summed E-state index contributed by atoms with van der Waals surface area (Å²) in [5.74, 6) is 0. The topological polar surface area (TPSA) is 12.0 Å². The number of hydrogen-bond acceptors (Lipinski definition) is 1. The predicted molar refractivity (Wildman–Crippen MR) is 68.1 cm³/mol. The first-order valence-electron chi connectivity index (χ1n) is 5.57. The van der Waals surface area contributed by atoms with Gasteiger partial charge in [-0.3, -0.25) is 0 Å². The van der Waals surface area contributed by atoms with Crippen molar-refractivity contribution in [3.63, 3.8) is 0 Å². The zero-order valence-corrected chi connectivity index (χ0v) is 10.2. The largest absolute Gasteiger partial charge is 0.311 e. The third-order valence-corrected chi connectivity index (χ3v) is 2.37. The van der Waals surface area contributed by atoms with Crippen molar-refractivity contribution >= 4 is 6.08 Å². The Morgan fingerprint density at radius 2 is 2.00 bits per heavy atom. The lowest BCUT2D eigenvalue weighted by molar-refractivity contribution is 0.633. The van der Waals surface area contributed by atoms with E-state index in [0.29, 0.717) is 6.04 Å². The van der Waals surface area contributed by atoms with Gasteiger partial charge in [0.25, 0.3) is 0 Å². The first-order valence-corrected chi connectivity index (χ1v) is 5.57. The van der Waals surface area contributed by atoms with E-state index in [1.807, 2.05) is 0 Å². The molecule has 82 valence electrons. The fraction of sp³-hybridized carbons (Fsp3) is 0.429. The Kier molecular flexibility index (Phi) is 4.57. The van der Waals surface area contributed by atoms with E-state index in [1.54, 1.807) is 0 Å². The summed E-state index contributed by atoms with van der Waals surface area (Å²) in [4.78, 5) is 0. The highest BCUT2D eigenvalue weighted by Crippen LogP contribution is 2.11. The number of hydrogen-bond donors (Lipinski definition) is 1. The van der Waals surface area contributed by atoms with E-state index in [-0.39, 0.29) is 0 Å². The predicted octanol–water partition coefficient (Wildman–Crippen LogP) is 3.31. The van der Waals surface area contributed by atoms with Crippen molar-refractivity contribution in [3.8, 4) is 0 Å². The zero-order chi connectivity index (χ0) is 11.3. The second-order valence-corrected chi connectivity index (χ2v) is 4.33. The fourth-order valence-electron chi connectivity index (χ4n) is 1.50. The van der Waals surface area contributed by atoms with Crippen molar-refractivity contribution < 1.29 is 0 Å². The van der Waals surface area contributed by atoms with Gasteiger partial charge in [-0.1, -0.05) is 49.8 Å². The fourth-order valence-corrected chi connectivity index (χ4v) is 1.50. The molecule has 0 amide bonds. The molecule has 0 heterocycles. The molecule has 0 aliphatic heterocycles. The molecule has 0 aliphatic rings. The second kappa shape index (κ2) is 5.72. The third kappa shape index (κ3) is 4.30. The van der Waals surface area contributed by atoms with Crippen molar-refractivity contribution in [2.75, 3.05) is 6.54 Å². The van der Waals surface area contributed by atoms with E-state index in [9.17, 15) is 0 Å². The van der Waals surface area contributed by atoms with Crippen LogP contribution in [0.5, 0.6) is 0 Å². The van der Waals surface area contributed by atoms with Crippen LogP contribution in [0.1, 0.15) is 30.5 Å². The summed E-state index contributed by atoms with van der Waals surface area (Å²) in [5, 5.41) is 3.36. The van der Waals surface area contributed by atoms with Crippen molar-refractivity contribution in [1.29, 1.82) is 0 Å². The highest BCUT2D eigenvalue weighted by molar-refractivity contribution is 5.54. The quantitative estimate of drug-likeness (QED) is 0.791. The maximum Gasteiger partial charge on any atom is 0.0140 e. The molecule has 0 unspecified atom stereocenters. The molecule has 1 aromatic rings. The van der Waals surface area contributed by atoms with Crippen molar-refractivity contribution in [3.05, 3.63) is 41.0 Å². The van der Waals surface area contributed by atoms with Gasteiger partial charge in [-0.25, -0.2) is 0 Å². The van der Waals surface area contributed by atoms with Crippen LogP contribution < -0.4 is 5.32 Å². The van der Waals surface area contributed by atoms with Crippen LogP contribution in [-0.2, 0) is 0 Å². The molecule has 15 heavy (non-hydrogen) atoms. The zero-order valence-electron chi connectivity index (χ0n) is 10.2. The maximum atomic E-state index is 3.36. The van der Waals surface area contributed by atoms with Gasteiger partial charge in [-0.05, 0) is 25.0 Å². The van der Waals surface area contributed by atoms with Crippen LogP contribution in [0.4, 0.5) is 0 Å². The molecule has 0 fully saturated rings. The summed E-state index contributed by atoms with van der Waals surface area (Å²) in [7, 11) is 0. The van der Waals surface area contributed by atoms with Crippen LogP contribution in [-0.4, -0.2) is 12.6 Å². The number of benzene rings is 1. The molecule has 0 atom stereocenters. The molecule has 1 N–H and O–H groups in total. The van der Waals surface area contributed by atoms with Crippen molar-refractivity contribution in [2.45, 2.75) is 33.7 Å². The van der Waals surface area contributed by atoms with E-state index in [1.165, 1.54) is 16.7 Å². The van der Waals surface area contributed by atoms with Gasteiger partial charge in [0.2, 0.25) is 0 Å². The Bertz CT molecular complexity index is 337. The SMILES string of the molecule is Cc1ccc(C=CCNC(C)C)c(C)c1. The Hall–Kier alpha value is -1.08. The maximum absolute atomic E-state index is 3.36. The van der Waals surface area contributed by atoms with Crippen LogP contribution in [0.25, 0.3) is 6.08 Å². The summed E-state index contributed by atoms with van der Waals surface area (Å²) in [6, 6.07) is 7.10. The molecule has 0 aromatic heterocycles. The minimum absolute atomic E-state index is 0.550. The summed E-state index contributed by atoms with van der Waals surface area (Å²) >= 11 is 0. The van der Waals surface area contributed by atoms with E-state index < -0.39 is 0 Å². The van der Waals surface area contributed by atoms with Gasteiger partial charge in [0.05, 0.1) is 0 Å². The van der Waals surface area contributed by atoms with Gasteiger partial charge in [0, 0.05) is 12.6 Å². The van der Waals surface area contributed by atoms with Crippen LogP contribution in [0.2, 0.25) is 0 Å². The first kappa shape index (κ1) is 12.0. The van der Waals surface area contributed by atoms with Gasteiger partial charge in [0.15, 0.2) is 0 Å². The summed E-state index contributed by atoms with van der Waals surface area (Å²) in [6.07, 6.45) is 4.36. The highest BCUT2D eigenvalue weighted by atomic mass is 14.9. The van der Waals surface area contributed by atoms with Gasteiger partial charge in [-0.2, -0.15) is 0 Å². The van der Waals surface area contributed by atoms with Crippen LogP contribution in [0.3, 0.4) is 0 Å². The molecule has 0 saturated heterocycles. The van der Waals surface area contributed by atoms with Crippen molar-refractivity contribution in [2.24, 2.45) is 0 Å². The number of rotatable bonds is 4. The molecular weight excluding hydrogens is 182 g/mol. The molecule has 1 nitrogen and oxygen atoms in total. The smallest absolute Gasteiger partial charge is 0.0140 e. The summed E-state index contributed by atoms with van der Waals surface area (Å²) < 4.78 is 0. The molecule has 1 heteroatoms. The van der Waals surface area contributed by atoms with Gasteiger partial charge < -0.3 is 5.32 Å². The standard InChI is InChI=1S/C14H21N/c1-11(2)15-9-5-6-14-8-7-12(3)10-13(14)4/h5-8,10-11,15H,9H2,1-4H3. The average molecular weight is 203 g/mol. The van der Waals surface area contributed by atoms with Gasteiger partial charge in [-0.15, -0.1) is 0 Å². The average Bonchev–Trinajstić information content (AvgIpc) is 2.14. The van der Waals surface area contributed by atoms with Gasteiger partial charge >= 0.3 is 0 Å². The van der Waals surface area contributed by atoms with E-state index in [0.717, 1.165) is 6.54 Å². The minimum atomic E-state index is 0.550. The van der Waals surface area contributed by atoms with E-state index in [2.05, 4.69) is 63.4 Å². The highest BCUT2D eigenvalue weighted by Gasteiger charge is 1.93. The summed E-state index contributed by atoms with van der Waals surface area (Å²) in [6.45, 7) is 9.53. The van der Waals surface area contributed by atoms with Crippen LogP contribution in [0, 0.1) is 13.8 Å². The molecule has 1 aromatic carbocycles. The molecule has 0 bridgehead atoms. The third-order valence-electron chi connectivity index (χ3n) is 2.37. The van der Waals surface area contributed by atoms with E-state index >= 15 is 0 Å². The first-order chi connectivity index (χ1) is 7.09. The molecular formula is C14H21N. The lowest BCUT2D eigenvalue weighted by Gasteiger charge is -2.04. The monoisotopic (exact) mass is 203 g/mol. The molecule has 1 rings (SSSR count). The van der Waals surface area contributed by atoms with Crippen LogP contribution in [0.15, 0.2) is 24.3 Å². The normalized spacial score (nSPS) is 11.5. The van der Waals surface area contributed by atoms with Crippen LogP contribution >= 0.6 is 0 Å². The Morgan fingerprint density at radius 3 is 2.60 bits per heavy atom. The molecule has 0 radical (unpaired) electrons. The lowest BCUT2D eigenvalue weighted by atomic mass is 10.1. The Balaban J connectivity index is 2.57. The summed E-state index contributed by atoms with van der Waals surface area (Å²) in [5.41, 5.74) is 3.98. The Labute approximate surface area is 93.2 Å². The number of nitrogens with one attached hydrogen (secondary N) is 1. The van der Waals surface area contributed by atoms with Crippen molar-refractivity contribution in [1.82, 2.24) is 5.32 Å². The van der Waals surface area contributed by atoms with Gasteiger partial charge in [0.1, 0.15) is 0 Å². The van der Waals surface area contributed by atoms with E-state index in [4.69, 9.17) is 0 Å². The molecule has 0 saturated carbocycles. The molecule has 0 aliphatic carbocycles. The lowest BCUT2D eigenvalue weighted by Crippen LogP contribution is -2.22.